The first-order valence-corrected chi connectivity index (χ1v) is 7.30. The van der Waals surface area contributed by atoms with Crippen molar-refractivity contribution in [2.24, 2.45) is 0 Å². The average Bonchev–Trinajstić information content (AvgIpc) is 2.97. The van der Waals surface area contributed by atoms with Crippen molar-refractivity contribution in [1.82, 2.24) is 15.2 Å². The number of methoxy groups -OCH3 is 1. The SMILES string of the molecule is COc1ccc(Cl)cc1Nc1nnc(-c2cccnc2)s1. The summed E-state index contributed by atoms with van der Waals surface area (Å²) in [6.07, 6.45) is 3.48. The van der Waals surface area contributed by atoms with E-state index in [4.69, 9.17) is 16.3 Å². The molecule has 2 aromatic heterocycles. The van der Waals surface area contributed by atoms with Crippen LogP contribution in [0.4, 0.5) is 10.8 Å². The van der Waals surface area contributed by atoms with Crippen molar-refractivity contribution in [3.05, 3.63) is 47.7 Å². The normalized spacial score (nSPS) is 10.4. The Morgan fingerprint density at radius 1 is 1.24 bits per heavy atom. The van der Waals surface area contributed by atoms with Gasteiger partial charge in [-0.1, -0.05) is 22.9 Å². The molecule has 0 aliphatic heterocycles. The van der Waals surface area contributed by atoms with Crippen LogP contribution in [0.1, 0.15) is 0 Å². The van der Waals surface area contributed by atoms with Crippen LogP contribution in [-0.4, -0.2) is 22.3 Å². The molecule has 0 amide bonds. The molecule has 0 bridgehead atoms. The van der Waals surface area contributed by atoms with Gasteiger partial charge in [-0.05, 0) is 30.3 Å². The van der Waals surface area contributed by atoms with Gasteiger partial charge in [-0.3, -0.25) is 4.98 Å². The van der Waals surface area contributed by atoms with Gasteiger partial charge in [0.25, 0.3) is 0 Å². The van der Waals surface area contributed by atoms with Crippen LogP contribution in [0.5, 0.6) is 5.75 Å². The van der Waals surface area contributed by atoms with E-state index in [2.05, 4.69) is 20.5 Å². The highest BCUT2D eigenvalue weighted by atomic mass is 35.5. The van der Waals surface area contributed by atoms with Gasteiger partial charge < -0.3 is 10.1 Å². The molecule has 5 nitrogen and oxygen atoms in total. The summed E-state index contributed by atoms with van der Waals surface area (Å²) >= 11 is 7.44. The van der Waals surface area contributed by atoms with Gasteiger partial charge in [0, 0.05) is 23.0 Å². The van der Waals surface area contributed by atoms with Crippen LogP contribution >= 0.6 is 22.9 Å². The third-order valence-electron chi connectivity index (χ3n) is 2.74. The van der Waals surface area contributed by atoms with E-state index < -0.39 is 0 Å². The zero-order chi connectivity index (χ0) is 14.7. The molecule has 1 aromatic carbocycles. The maximum atomic E-state index is 6.00. The van der Waals surface area contributed by atoms with Crippen LogP contribution in [-0.2, 0) is 0 Å². The summed E-state index contributed by atoms with van der Waals surface area (Å²) in [7, 11) is 1.61. The van der Waals surface area contributed by atoms with Crippen molar-refractivity contribution in [2.75, 3.05) is 12.4 Å². The zero-order valence-electron chi connectivity index (χ0n) is 11.1. The molecule has 0 atom stereocenters. The molecule has 0 aliphatic rings. The van der Waals surface area contributed by atoms with Crippen molar-refractivity contribution in [1.29, 1.82) is 0 Å². The number of hydrogen-bond acceptors (Lipinski definition) is 6. The molecule has 0 aliphatic carbocycles. The summed E-state index contributed by atoms with van der Waals surface area (Å²) < 4.78 is 5.29. The van der Waals surface area contributed by atoms with Crippen molar-refractivity contribution in [3.63, 3.8) is 0 Å². The van der Waals surface area contributed by atoms with Gasteiger partial charge >= 0.3 is 0 Å². The van der Waals surface area contributed by atoms with Gasteiger partial charge in [0.15, 0.2) is 5.01 Å². The number of hydrogen-bond donors (Lipinski definition) is 1. The minimum absolute atomic E-state index is 0.621. The number of rotatable bonds is 4. The van der Waals surface area contributed by atoms with Crippen LogP contribution in [0.15, 0.2) is 42.7 Å². The Labute approximate surface area is 130 Å². The number of anilines is 2. The smallest absolute Gasteiger partial charge is 0.210 e. The van der Waals surface area contributed by atoms with Crippen molar-refractivity contribution < 1.29 is 4.74 Å². The number of nitrogens with zero attached hydrogens (tertiary/aromatic N) is 3. The highest BCUT2D eigenvalue weighted by Gasteiger charge is 2.09. The first-order valence-electron chi connectivity index (χ1n) is 6.11. The summed E-state index contributed by atoms with van der Waals surface area (Å²) in [6, 6.07) is 9.16. The molecule has 0 spiro atoms. The standard InChI is InChI=1S/C14H11ClN4OS/c1-20-12-5-4-10(15)7-11(12)17-14-19-18-13(21-14)9-3-2-6-16-8-9/h2-8H,1H3,(H,17,19). The molecule has 21 heavy (non-hydrogen) atoms. The fraction of sp³-hybridized carbons (Fsp3) is 0.0714. The van der Waals surface area contributed by atoms with E-state index in [1.54, 1.807) is 37.7 Å². The topological polar surface area (TPSA) is 59.9 Å². The first-order chi connectivity index (χ1) is 10.3. The van der Waals surface area contributed by atoms with E-state index in [-0.39, 0.29) is 0 Å². The van der Waals surface area contributed by atoms with Crippen molar-refractivity contribution in [3.8, 4) is 16.3 Å². The van der Waals surface area contributed by atoms with Gasteiger partial charge in [0.1, 0.15) is 5.75 Å². The molecule has 1 N–H and O–H groups in total. The number of nitrogens with one attached hydrogen (secondary N) is 1. The molecule has 2 heterocycles. The lowest BCUT2D eigenvalue weighted by Gasteiger charge is -2.08. The maximum Gasteiger partial charge on any atom is 0.210 e. The summed E-state index contributed by atoms with van der Waals surface area (Å²) in [5.74, 6) is 0.692. The number of halogens is 1. The molecule has 3 aromatic rings. The highest BCUT2D eigenvalue weighted by Crippen LogP contribution is 2.33. The van der Waals surface area contributed by atoms with E-state index in [9.17, 15) is 0 Å². The Kier molecular flexibility index (Phi) is 3.98. The van der Waals surface area contributed by atoms with Gasteiger partial charge in [0.05, 0.1) is 12.8 Å². The molecule has 0 radical (unpaired) electrons. The summed E-state index contributed by atoms with van der Waals surface area (Å²) in [5.41, 5.74) is 1.68. The lowest BCUT2D eigenvalue weighted by atomic mass is 10.3. The number of aromatic nitrogens is 3. The van der Waals surface area contributed by atoms with E-state index in [1.807, 2.05) is 12.1 Å². The lowest BCUT2D eigenvalue weighted by molar-refractivity contribution is 0.417. The Morgan fingerprint density at radius 3 is 2.90 bits per heavy atom. The molecule has 0 saturated heterocycles. The van der Waals surface area contributed by atoms with Gasteiger partial charge in [-0.15, -0.1) is 10.2 Å². The van der Waals surface area contributed by atoms with Gasteiger partial charge in [0.2, 0.25) is 5.13 Å². The summed E-state index contributed by atoms with van der Waals surface area (Å²) in [6.45, 7) is 0. The van der Waals surface area contributed by atoms with Crippen molar-refractivity contribution in [2.45, 2.75) is 0 Å². The number of ether oxygens (including phenoxy) is 1. The molecule has 3 rings (SSSR count). The Morgan fingerprint density at radius 2 is 2.14 bits per heavy atom. The summed E-state index contributed by atoms with van der Waals surface area (Å²) in [4.78, 5) is 4.07. The van der Waals surface area contributed by atoms with Crippen molar-refractivity contribution >= 4 is 33.8 Å². The quantitative estimate of drug-likeness (QED) is 0.787. The van der Waals surface area contributed by atoms with Crippen LogP contribution < -0.4 is 10.1 Å². The van der Waals surface area contributed by atoms with Crippen LogP contribution in [0.2, 0.25) is 5.02 Å². The van der Waals surface area contributed by atoms with Gasteiger partial charge in [-0.25, -0.2) is 0 Å². The molecule has 0 unspecified atom stereocenters. The second-order valence-corrected chi connectivity index (χ2v) is 5.54. The van der Waals surface area contributed by atoms with Crippen LogP contribution in [0.25, 0.3) is 10.6 Å². The summed E-state index contributed by atoms with van der Waals surface area (Å²) in [5, 5.41) is 13.5. The largest absolute Gasteiger partial charge is 0.495 e. The maximum absolute atomic E-state index is 6.00. The third-order valence-corrected chi connectivity index (χ3v) is 3.86. The molecular formula is C14H11ClN4OS. The average molecular weight is 319 g/mol. The predicted octanol–water partition coefficient (Wildman–Crippen LogP) is 4.01. The minimum atomic E-state index is 0.621. The zero-order valence-corrected chi connectivity index (χ0v) is 12.6. The van der Waals surface area contributed by atoms with Crippen LogP contribution in [0, 0.1) is 0 Å². The van der Waals surface area contributed by atoms with E-state index in [1.165, 1.54) is 11.3 Å². The predicted molar refractivity (Wildman–Crippen MR) is 84.4 cm³/mol. The van der Waals surface area contributed by atoms with E-state index in [0.717, 1.165) is 16.3 Å². The monoisotopic (exact) mass is 318 g/mol. The van der Waals surface area contributed by atoms with Gasteiger partial charge in [-0.2, -0.15) is 0 Å². The number of pyridine rings is 1. The molecule has 0 saturated carbocycles. The first kappa shape index (κ1) is 13.8. The fourth-order valence-electron chi connectivity index (χ4n) is 1.77. The fourth-order valence-corrected chi connectivity index (χ4v) is 2.69. The second kappa shape index (κ2) is 6.07. The molecule has 106 valence electrons. The molecular weight excluding hydrogens is 308 g/mol. The minimum Gasteiger partial charge on any atom is -0.495 e. The molecule has 0 fully saturated rings. The third kappa shape index (κ3) is 3.12. The molecule has 7 heteroatoms. The van der Waals surface area contributed by atoms with E-state index >= 15 is 0 Å². The van der Waals surface area contributed by atoms with E-state index in [0.29, 0.717) is 15.9 Å². The Balaban J connectivity index is 1.87. The number of benzene rings is 1. The highest BCUT2D eigenvalue weighted by molar-refractivity contribution is 7.18. The Hall–Kier alpha value is -2.18. The van der Waals surface area contributed by atoms with Crippen LogP contribution in [0.3, 0.4) is 0 Å². The Bertz CT molecular complexity index is 748. The lowest BCUT2D eigenvalue weighted by Crippen LogP contribution is -1.94. The second-order valence-electron chi connectivity index (χ2n) is 4.12.